The van der Waals surface area contributed by atoms with E-state index in [1.54, 1.807) is 0 Å². The van der Waals surface area contributed by atoms with Crippen molar-refractivity contribution in [2.75, 3.05) is 0 Å². The Labute approximate surface area is 101 Å². The van der Waals surface area contributed by atoms with Crippen molar-refractivity contribution in [3.8, 4) is 0 Å². The Morgan fingerprint density at radius 1 is 1.24 bits per heavy atom. The zero-order chi connectivity index (χ0) is 11.7. The average molecular weight is 225 g/mol. The second-order valence-corrected chi connectivity index (χ2v) is 4.76. The average Bonchev–Trinajstić information content (AvgIpc) is 2.40. The lowest BCUT2D eigenvalue weighted by atomic mass is 9.71. The molecule has 0 amide bonds. The van der Waals surface area contributed by atoms with Gasteiger partial charge in [0.15, 0.2) is 0 Å². The van der Waals surface area contributed by atoms with Gasteiger partial charge >= 0.3 is 0 Å². The molecule has 17 heavy (non-hydrogen) atoms. The molecule has 0 radical (unpaired) electrons. The first kappa shape index (κ1) is 10.4. The van der Waals surface area contributed by atoms with Crippen LogP contribution in [-0.2, 0) is 10.3 Å². The molecule has 2 aliphatic rings. The zero-order valence-electron chi connectivity index (χ0n) is 9.70. The maximum atomic E-state index is 11.2. The van der Waals surface area contributed by atoms with Gasteiger partial charge < -0.3 is 5.32 Å². The Balaban J connectivity index is 2.20. The molecular formula is C15H15NO. The van der Waals surface area contributed by atoms with Crippen LogP contribution in [0.1, 0.15) is 36.8 Å². The predicted molar refractivity (Wildman–Crippen MR) is 68.0 cm³/mol. The van der Waals surface area contributed by atoms with Crippen molar-refractivity contribution in [3.63, 3.8) is 0 Å². The maximum absolute atomic E-state index is 11.2. The topological polar surface area (TPSA) is 29.1 Å². The van der Waals surface area contributed by atoms with Crippen LogP contribution in [0.25, 0.3) is 6.08 Å². The van der Waals surface area contributed by atoms with Crippen LogP contribution >= 0.6 is 0 Å². The van der Waals surface area contributed by atoms with Gasteiger partial charge in [-0.05, 0) is 42.7 Å². The van der Waals surface area contributed by atoms with Gasteiger partial charge in [-0.2, -0.15) is 0 Å². The standard InChI is InChI=1S/C15H15NO/c17-11-13-6-3-4-9-15(13)14-7-2-1-5-12(14)8-10-16-15/h1-2,5,7-8,10,16H,3-4,6,9H2. The first-order valence-corrected chi connectivity index (χ1v) is 6.15. The van der Waals surface area contributed by atoms with E-state index >= 15 is 0 Å². The van der Waals surface area contributed by atoms with Crippen LogP contribution in [-0.4, -0.2) is 5.94 Å². The van der Waals surface area contributed by atoms with Gasteiger partial charge in [0.1, 0.15) is 5.94 Å². The molecule has 1 saturated carbocycles. The van der Waals surface area contributed by atoms with Gasteiger partial charge in [-0.1, -0.05) is 30.7 Å². The summed E-state index contributed by atoms with van der Waals surface area (Å²) in [6.45, 7) is 0. The molecule has 0 bridgehead atoms. The van der Waals surface area contributed by atoms with Gasteiger partial charge in [0.25, 0.3) is 0 Å². The third kappa shape index (κ3) is 1.45. The Morgan fingerprint density at radius 3 is 3.00 bits per heavy atom. The third-order valence-corrected chi connectivity index (χ3v) is 3.88. The van der Waals surface area contributed by atoms with Crippen molar-refractivity contribution in [3.05, 3.63) is 47.2 Å². The zero-order valence-corrected chi connectivity index (χ0v) is 9.70. The Hall–Kier alpha value is -1.79. The number of hydrogen-bond donors (Lipinski definition) is 1. The van der Waals surface area contributed by atoms with Gasteiger partial charge in [0, 0.05) is 5.57 Å². The molecule has 3 rings (SSSR count). The number of hydrogen-bond acceptors (Lipinski definition) is 2. The number of benzene rings is 1. The summed E-state index contributed by atoms with van der Waals surface area (Å²) in [5, 5.41) is 3.41. The molecule has 1 aromatic rings. The van der Waals surface area contributed by atoms with E-state index < -0.39 is 0 Å². The van der Waals surface area contributed by atoms with Gasteiger partial charge in [0.2, 0.25) is 0 Å². The molecule has 2 heteroatoms. The van der Waals surface area contributed by atoms with E-state index in [4.69, 9.17) is 0 Å². The fourth-order valence-corrected chi connectivity index (χ4v) is 3.03. The van der Waals surface area contributed by atoms with Crippen molar-refractivity contribution in [2.45, 2.75) is 31.2 Å². The molecule has 1 spiro atoms. The summed E-state index contributed by atoms with van der Waals surface area (Å²) in [6.07, 6.45) is 8.13. The maximum Gasteiger partial charge on any atom is 0.126 e. The molecule has 1 fully saturated rings. The highest BCUT2D eigenvalue weighted by Gasteiger charge is 2.40. The number of fused-ring (bicyclic) bond motifs is 2. The summed E-state index contributed by atoms with van der Waals surface area (Å²) in [4.78, 5) is 11.2. The molecule has 1 aliphatic carbocycles. The van der Waals surface area contributed by atoms with Crippen LogP contribution in [0.15, 0.2) is 36.0 Å². The van der Waals surface area contributed by atoms with Crippen molar-refractivity contribution < 1.29 is 4.79 Å². The Morgan fingerprint density at radius 2 is 2.12 bits per heavy atom. The second kappa shape index (κ2) is 3.90. The summed E-state index contributed by atoms with van der Waals surface area (Å²) in [5.41, 5.74) is 3.02. The molecule has 2 nitrogen and oxygen atoms in total. The number of carbonyl (C=O) groups excluding carboxylic acids is 1. The Kier molecular flexibility index (Phi) is 2.38. The van der Waals surface area contributed by atoms with Gasteiger partial charge in [0.05, 0.1) is 5.54 Å². The van der Waals surface area contributed by atoms with E-state index in [-0.39, 0.29) is 5.54 Å². The summed E-state index contributed by atoms with van der Waals surface area (Å²) in [6, 6.07) is 8.30. The van der Waals surface area contributed by atoms with Gasteiger partial charge in [-0.25, -0.2) is 4.79 Å². The van der Waals surface area contributed by atoms with Crippen molar-refractivity contribution >= 4 is 12.0 Å². The molecule has 1 atom stereocenters. The monoisotopic (exact) mass is 225 g/mol. The summed E-state index contributed by atoms with van der Waals surface area (Å²) >= 11 is 0. The SMILES string of the molecule is O=C=C1CCCCC12NC=Cc1ccccc12. The largest absolute Gasteiger partial charge is 0.377 e. The number of nitrogens with one attached hydrogen (secondary N) is 1. The van der Waals surface area contributed by atoms with Crippen LogP contribution < -0.4 is 5.32 Å². The minimum atomic E-state index is -0.286. The highest BCUT2D eigenvalue weighted by molar-refractivity contribution is 5.66. The molecular weight excluding hydrogens is 210 g/mol. The van der Waals surface area contributed by atoms with Crippen molar-refractivity contribution in [1.29, 1.82) is 0 Å². The Bertz CT molecular complexity index is 525. The predicted octanol–water partition coefficient (Wildman–Crippen LogP) is 2.79. The second-order valence-electron chi connectivity index (χ2n) is 4.76. The fourth-order valence-electron chi connectivity index (χ4n) is 3.03. The van der Waals surface area contributed by atoms with E-state index in [1.807, 2.05) is 18.3 Å². The molecule has 1 unspecified atom stereocenters. The highest BCUT2D eigenvalue weighted by Crippen LogP contribution is 2.43. The molecule has 1 aliphatic heterocycles. The fraction of sp³-hybridized carbons (Fsp3) is 0.333. The third-order valence-electron chi connectivity index (χ3n) is 3.88. The molecule has 1 heterocycles. The summed E-state index contributed by atoms with van der Waals surface area (Å²) in [7, 11) is 0. The minimum absolute atomic E-state index is 0.286. The normalized spacial score (nSPS) is 26.2. The van der Waals surface area contributed by atoms with Crippen LogP contribution in [0.2, 0.25) is 0 Å². The molecule has 0 saturated heterocycles. The quantitative estimate of drug-likeness (QED) is 0.688. The number of rotatable bonds is 0. The molecule has 1 N–H and O–H groups in total. The molecule has 0 aromatic heterocycles. The van der Waals surface area contributed by atoms with Crippen molar-refractivity contribution in [2.24, 2.45) is 0 Å². The van der Waals surface area contributed by atoms with Gasteiger partial charge in [-0.15, -0.1) is 0 Å². The van der Waals surface area contributed by atoms with Crippen LogP contribution in [0, 0.1) is 0 Å². The summed E-state index contributed by atoms with van der Waals surface area (Å²) in [5.74, 6) is 2.18. The molecule has 1 aromatic carbocycles. The van der Waals surface area contributed by atoms with Crippen LogP contribution in [0.3, 0.4) is 0 Å². The minimum Gasteiger partial charge on any atom is -0.377 e. The first-order chi connectivity index (χ1) is 8.37. The van der Waals surface area contributed by atoms with Crippen LogP contribution in [0.5, 0.6) is 0 Å². The van der Waals surface area contributed by atoms with E-state index in [2.05, 4.69) is 29.5 Å². The smallest absolute Gasteiger partial charge is 0.126 e. The van der Waals surface area contributed by atoms with E-state index in [9.17, 15) is 4.79 Å². The highest BCUT2D eigenvalue weighted by atomic mass is 16.1. The van der Waals surface area contributed by atoms with E-state index in [0.29, 0.717) is 0 Å². The lowest BCUT2D eigenvalue weighted by Crippen LogP contribution is -2.45. The van der Waals surface area contributed by atoms with E-state index in [1.165, 1.54) is 11.1 Å². The van der Waals surface area contributed by atoms with Crippen LogP contribution in [0.4, 0.5) is 0 Å². The van der Waals surface area contributed by atoms with Crippen molar-refractivity contribution in [1.82, 2.24) is 5.32 Å². The first-order valence-electron chi connectivity index (χ1n) is 6.15. The lowest BCUT2D eigenvalue weighted by molar-refractivity contribution is 0.344. The lowest BCUT2D eigenvalue weighted by Gasteiger charge is -2.41. The summed E-state index contributed by atoms with van der Waals surface area (Å²) < 4.78 is 0. The molecule has 86 valence electrons. The van der Waals surface area contributed by atoms with Gasteiger partial charge in [-0.3, -0.25) is 0 Å². The van der Waals surface area contributed by atoms with E-state index in [0.717, 1.165) is 31.3 Å².